The van der Waals surface area contributed by atoms with Crippen molar-refractivity contribution in [1.29, 1.82) is 0 Å². The molecule has 0 amide bonds. The third-order valence-corrected chi connectivity index (χ3v) is 25.8. The maximum Gasteiger partial charge on any atom is 0.165 e. The van der Waals surface area contributed by atoms with E-state index in [0.717, 1.165) is 200 Å². The van der Waals surface area contributed by atoms with E-state index in [2.05, 4.69) is 346 Å². The molecule has 0 aliphatic carbocycles. The van der Waals surface area contributed by atoms with Gasteiger partial charge in [-0.05, 0) is 226 Å². The van der Waals surface area contributed by atoms with Crippen LogP contribution in [0.4, 0.5) is 0 Å². The molecule has 0 N–H and O–H groups in total. The fourth-order valence-electron chi connectivity index (χ4n) is 19.7. The molecule has 0 unspecified atom stereocenters. The van der Waals surface area contributed by atoms with E-state index in [9.17, 15) is 0 Å². The molecule has 0 saturated heterocycles. The first-order valence-corrected chi connectivity index (χ1v) is 44.2. The Hall–Kier alpha value is -18.2. The van der Waals surface area contributed by atoms with Gasteiger partial charge in [-0.25, -0.2) is 29.9 Å². The molecular weight excluding hydrogens is 1620 g/mol. The summed E-state index contributed by atoms with van der Waals surface area (Å²) in [5.41, 5.74) is 36.3. The van der Waals surface area contributed by atoms with Crippen molar-refractivity contribution < 1.29 is 0 Å². The minimum atomic E-state index is 0.848. The van der Waals surface area contributed by atoms with Crippen LogP contribution < -0.4 is 0 Å². The predicted octanol–water partition coefficient (Wildman–Crippen LogP) is 28.3. The highest BCUT2D eigenvalue weighted by Gasteiger charge is 2.25. The zero-order valence-electron chi connectivity index (χ0n) is 70.9. The maximum absolute atomic E-state index is 5.19. The molecule has 15 heteroatoms. The highest BCUT2D eigenvalue weighted by Crippen LogP contribution is 2.44. The lowest BCUT2D eigenvalue weighted by molar-refractivity contribution is 1.14. The molecule has 0 aliphatic heterocycles. The minimum Gasteiger partial charge on any atom is -0.308 e. The molecule has 0 aliphatic rings. The number of fused-ring (bicyclic) bond motifs is 21. The molecule has 0 fully saturated rings. The maximum atomic E-state index is 5.19. The normalized spacial score (nSPS) is 11.8. The van der Waals surface area contributed by atoms with E-state index in [1.165, 1.54) is 43.4 Å². The first-order valence-electron chi connectivity index (χ1n) is 44.2. The molecule has 12 aromatic heterocycles. The van der Waals surface area contributed by atoms with Gasteiger partial charge in [0.25, 0.3) is 0 Å². The molecule has 12 heterocycles. The Labute approximate surface area is 754 Å². The van der Waals surface area contributed by atoms with E-state index < -0.39 is 0 Å². The average molecular weight is 1690 g/mol. The number of hydrogen-bond acceptors (Lipinski definition) is 9. The van der Waals surface area contributed by atoms with Crippen molar-refractivity contribution in [3.8, 4) is 78.6 Å². The molecule has 28 rings (SSSR count). The van der Waals surface area contributed by atoms with Gasteiger partial charge in [-0.15, -0.1) is 0 Å². The second-order valence-corrected chi connectivity index (χ2v) is 33.3. The fraction of sp³-hybridized carbons (Fsp3) is 0. The second kappa shape index (κ2) is 30.8. The van der Waals surface area contributed by atoms with Crippen molar-refractivity contribution in [2.45, 2.75) is 0 Å². The molecule has 0 saturated carbocycles. The summed E-state index contributed by atoms with van der Waals surface area (Å²) in [7, 11) is 0. The van der Waals surface area contributed by atoms with Crippen molar-refractivity contribution in [3.05, 3.63) is 444 Å². The molecular formula is C117H73N15. The van der Waals surface area contributed by atoms with Crippen LogP contribution >= 0.6 is 0 Å². The van der Waals surface area contributed by atoms with Gasteiger partial charge in [0.15, 0.2) is 16.9 Å². The first-order chi connectivity index (χ1) is 65.5. The molecule has 0 spiro atoms. The number of pyridine rings is 3. The van der Waals surface area contributed by atoms with Crippen LogP contribution in [0.1, 0.15) is 0 Å². The Bertz CT molecular complexity index is 9100. The van der Waals surface area contributed by atoms with E-state index in [1.54, 1.807) is 0 Å². The van der Waals surface area contributed by atoms with Crippen molar-refractivity contribution >= 4 is 165 Å². The van der Waals surface area contributed by atoms with Gasteiger partial charge in [0, 0.05) is 101 Å². The second-order valence-electron chi connectivity index (χ2n) is 33.3. The number of rotatable bonds is 10. The molecule has 616 valence electrons. The fourth-order valence-corrected chi connectivity index (χ4v) is 19.7. The van der Waals surface area contributed by atoms with Crippen molar-refractivity contribution in [2.24, 2.45) is 0 Å². The summed E-state index contributed by atoms with van der Waals surface area (Å²) in [6.45, 7) is 0. The molecule has 0 radical (unpaired) electrons. The van der Waals surface area contributed by atoms with Gasteiger partial charge in [0.05, 0.1) is 101 Å². The van der Waals surface area contributed by atoms with Crippen LogP contribution in [0.25, 0.3) is 243 Å². The largest absolute Gasteiger partial charge is 0.308 e. The van der Waals surface area contributed by atoms with E-state index in [1.807, 2.05) is 140 Å². The summed E-state index contributed by atoms with van der Waals surface area (Å²) < 4.78 is 13.6. The first kappa shape index (κ1) is 75.1. The third kappa shape index (κ3) is 12.5. The molecule has 15 nitrogen and oxygen atoms in total. The number of para-hydroxylation sites is 11. The summed E-state index contributed by atoms with van der Waals surface area (Å²) in [5, 5.41) is 10.4. The van der Waals surface area contributed by atoms with Crippen LogP contribution in [-0.4, -0.2) is 72.3 Å². The van der Waals surface area contributed by atoms with Crippen LogP contribution in [-0.2, 0) is 0 Å². The Kier molecular flexibility index (Phi) is 17.6. The summed E-state index contributed by atoms with van der Waals surface area (Å²) in [6, 6.07) is 142. The highest BCUT2D eigenvalue weighted by atomic mass is 15.1. The molecule has 28 aromatic rings. The van der Waals surface area contributed by atoms with Crippen molar-refractivity contribution in [3.63, 3.8) is 0 Å². The number of benzene rings is 16. The minimum absolute atomic E-state index is 0.848. The van der Waals surface area contributed by atoms with E-state index in [0.29, 0.717) is 0 Å². The van der Waals surface area contributed by atoms with Gasteiger partial charge < -0.3 is 13.7 Å². The molecule has 0 bridgehead atoms. The van der Waals surface area contributed by atoms with E-state index in [-0.39, 0.29) is 0 Å². The van der Waals surface area contributed by atoms with E-state index in [4.69, 9.17) is 29.9 Å². The number of hydrogen-bond donors (Lipinski definition) is 0. The number of nitrogens with zero attached hydrogens (tertiary/aromatic N) is 15. The quantitative estimate of drug-likeness (QED) is 0.131. The van der Waals surface area contributed by atoms with Gasteiger partial charge >= 0.3 is 0 Å². The van der Waals surface area contributed by atoms with Crippen LogP contribution in [0.15, 0.2) is 444 Å². The molecule has 132 heavy (non-hydrogen) atoms. The lowest BCUT2D eigenvalue weighted by Gasteiger charge is -2.10. The van der Waals surface area contributed by atoms with Crippen LogP contribution in [0.3, 0.4) is 0 Å². The van der Waals surface area contributed by atoms with Gasteiger partial charge in [-0.2, -0.15) is 0 Å². The summed E-state index contributed by atoms with van der Waals surface area (Å²) >= 11 is 0. The predicted molar refractivity (Wildman–Crippen MR) is 540 cm³/mol. The van der Waals surface area contributed by atoms with Gasteiger partial charge in [-0.1, -0.05) is 224 Å². The summed E-state index contributed by atoms with van der Waals surface area (Å²) in [6.07, 6.45) is 11.5. The highest BCUT2D eigenvalue weighted by molar-refractivity contribution is 6.16. The third-order valence-electron chi connectivity index (χ3n) is 25.8. The standard InChI is InChI=1S/C43H27N5.2C37H23N5/c1-3-9-28(10-4-1)29-15-19-33(20-16-29)48-39-22-18-30(25-36(39)42-43(48)46-38-14-8-7-13-37(38)45-42)31-17-21-34-35-23-24-44-27-41(35)47(40(34)26-31)32-11-5-2-6-12-32;2*1-3-9-26(10-4-1)41-34-22-25(15-17-28(34)29-19-20-38-23-35(29)41)24-16-18-33-30(21-24)36-37(42(33)27-11-5-2-6-12-27)40-32-14-8-7-13-31(32)39-36/h1-27H;2*1-23H. The van der Waals surface area contributed by atoms with Crippen LogP contribution in [0.2, 0.25) is 0 Å². The number of aromatic nitrogens is 15. The zero-order valence-corrected chi connectivity index (χ0v) is 70.9. The Morgan fingerprint density at radius 2 is 0.371 bits per heavy atom. The van der Waals surface area contributed by atoms with E-state index >= 15 is 0 Å². The lowest BCUT2D eigenvalue weighted by atomic mass is 10.0. The lowest BCUT2D eigenvalue weighted by Crippen LogP contribution is -1.96. The smallest absolute Gasteiger partial charge is 0.165 e. The topological polar surface area (TPSA) is 146 Å². The Morgan fingerprint density at radius 1 is 0.144 bits per heavy atom. The monoisotopic (exact) mass is 1690 g/mol. The summed E-state index contributed by atoms with van der Waals surface area (Å²) in [5.74, 6) is 0. The zero-order chi connectivity index (χ0) is 86.9. The van der Waals surface area contributed by atoms with Gasteiger partial charge in [-0.3, -0.25) is 28.7 Å². The Balaban J connectivity index is 0.000000104. The SMILES string of the molecule is c1ccc(-c2ccc(-n3c4ccc(-c5ccc6c7ccncc7n(-c7ccccc7)c6c5)cc4c4nc5ccccc5nc43)cc2)cc1.c1ccc(-n2c3cnccc3c3ccc(-c4ccc5c(c4)c4nc6ccccc6nc4n5-c4ccccc4)cc32)cc1.c1ccc(-n2c3cnccc3c3ccc(-c4ccc5c(c4)c4nc6ccccc6nc4n5-c4ccccc4)cc32)cc1. The van der Waals surface area contributed by atoms with Crippen molar-refractivity contribution in [1.82, 2.24) is 72.3 Å². The van der Waals surface area contributed by atoms with Gasteiger partial charge in [0.2, 0.25) is 0 Å². The van der Waals surface area contributed by atoms with Crippen LogP contribution in [0, 0.1) is 0 Å². The van der Waals surface area contributed by atoms with Crippen molar-refractivity contribution in [2.75, 3.05) is 0 Å². The van der Waals surface area contributed by atoms with Crippen LogP contribution in [0.5, 0.6) is 0 Å². The molecule has 16 aromatic carbocycles. The average Bonchev–Trinajstić information content (AvgIpc) is 1.58. The summed E-state index contributed by atoms with van der Waals surface area (Å²) in [4.78, 5) is 44.2. The van der Waals surface area contributed by atoms with Gasteiger partial charge in [0.1, 0.15) is 16.6 Å². The Morgan fingerprint density at radius 3 is 0.674 bits per heavy atom. The molecule has 0 atom stereocenters.